The summed E-state index contributed by atoms with van der Waals surface area (Å²) >= 11 is 1.44. The first-order valence-electron chi connectivity index (χ1n) is 8.49. The van der Waals surface area contributed by atoms with Crippen LogP contribution in [0, 0.1) is 0 Å². The summed E-state index contributed by atoms with van der Waals surface area (Å²) in [6.07, 6.45) is 2.84. The van der Waals surface area contributed by atoms with Crippen molar-refractivity contribution >= 4 is 43.0 Å². The molecule has 0 spiro atoms. The molecule has 4 aromatic rings. The molecule has 0 aliphatic carbocycles. The van der Waals surface area contributed by atoms with E-state index in [9.17, 15) is 13.2 Å². The minimum absolute atomic E-state index is 0.115. The normalized spacial score (nSPS) is 16.1. The predicted molar refractivity (Wildman–Crippen MR) is 106 cm³/mol. The molecule has 138 valence electrons. The second-order valence-electron chi connectivity index (χ2n) is 6.38. The molecule has 6 nitrogen and oxygen atoms in total. The van der Waals surface area contributed by atoms with E-state index in [2.05, 4.69) is 15.3 Å². The van der Waals surface area contributed by atoms with Gasteiger partial charge in [-0.15, -0.1) is 11.3 Å². The maximum Gasteiger partial charge on any atom is 0.238 e. The lowest BCUT2D eigenvalue weighted by Gasteiger charge is -2.08. The molecule has 1 aliphatic heterocycles. The number of thiazole rings is 1. The lowest BCUT2D eigenvalue weighted by molar-refractivity contribution is -0.116. The van der Waals surface area contributed by atoms with Gasteiger partial charge in [0.25, 0.3) is 0 Å². The van der Waals surface area contributed by atoms with Crippen molar-refractivity contribution in [3.63, 3.8) is 0 Å². The van der Waals surface area contributed by atoms with Crippen molar-refractivity contribution < 1.29 is 13.2 Å². The summed E-state index contributed by atoms with van der Waals surface area (Å²) in [5, 5.41) is 3.48. The van der Waals surface area contributed by atoms with E-state index < -0.39 is 15.8 Å². The zero-order valence-electron chi connectivity index (χ0n) is 14.4. The van der Waals surface area contributed by atoms with E-state index >= 15 is 0 Å². The average molecular weight is 407 g/mol. The number of rotatable bonds is 3. The lowest BCUT2D eigenvalue weighted by atomic mass is 10.0. The van der Waals surface area contributed by atoms with Gasteiger partial charge < -0.3 is 5.32 Å². The van der Waals surface area contributed by atoms with Crippen LogP contribution in [0.2, 0.25) is 0 Å². The third-order valence-electron chi connectivity index (χ3n) is 4.67. The molecular weight excluding hydrogens is 394 g/mol. The summed E-state index contributed by atoms with van der Waals surface area (Å²) in [7, 11) is -3.73. The quantitative estimate of drug-likeness (QED) is 0.560. The Hall–Kier alpha value is -3.10. The highest BCUT2D eigenvalue weighted by Gasteiger charge is 2.35. The second kappa shape index (κ2) is 6.22. The highest BCUT2D eigenvalue weighted by molar-refractivity contribution is 7.91. The monoisotopic (exact) mass is 407 g/mol. The first-order valence-corrected chi connectivity index (χ1v) is 10.8. The Morgan fingerprint density at radius 2 is 1.86 bits per heavy atom. The third-order valence-corrected chi connectivity index (χ3v) is 7.50. The number of carbonyl (C=O) groups excluding carboxylic acids is 1. The Morgan fingerprint density at radius 3 is 2.64 bits per heavy atom. The SMILES string of the molecule is O=C1Nc2ccc(S(=O)(=O)c3cccnc3)cc2C1c1nc2ccccc2s1. The Balaban J connectivity index is 1.64. The molecule has 3 heterocycles. The number of pyridine rings is 1. The second-order valence-corrected chi connectivity index (χ2v) is 9.40. The largest absolute Gasteiger partial charge is 0.325 e. The first kappa shape index (κ1) is 17.0. The number of carbonyl (C=O) groups is 1. The molecule has 2 aromatic carbocycles. The van der Waals surface area contributed by atoms with Crippen LogP contribution in [0.3, 0.4) is 0 Å². The van der Waals surface area contributed by atoms with Crippen molar-refractivity contribution in [2.45, 2.75) is 15.7 Å². The summed E-state index contributed by atoms with van der Waals surface area (Å²) in [4.78, 5) is 21.4. The molecule has 8 heteroatoms. The van der Waals surface area contributed by atoms with E-state index in [1.807, 2.05) is 24.3 Å². The minimum atomic E-state index is -3.73. The molecule has 2 aromatic heterocycles. The van der Waals surface area contributed by atoms with Gasteiger partial charge in [0.2, 0.25) is 15.7 Å². The number of fused-ring (bicyclic) bond motifs is 2. The molecule has 1 amide bonds. The summed E-state index contributed by atoms with van der Waals surface area (Å²) in [6.45, 7) is 0. The molecule has 1 atom stereocenters. The standard InChI is InChI=1S/C20H13N3O3S2/c24-19-18(20-23-16-5-1-2-6-17(16)27-20)14-10-12(7-8-15(14)22-19)28(25,26)13-4-3-9-21-11-13/h1-11,18H,(H,22,24). The van der Waals surface area contributed by atoms with Gasteiger partial charge in [-0.1, -0.05) is 12.1 Å². The number of anilines is 1. The highest BCUT2D eigenvalue weighted by atomic mass is 32.2. The van der Waals surface area contributed by atoms with Crippen LogP contribution in [0.4, 0.5) is 5.69 Å². The van der Waals surface area contributed by atoms with Gasteiger partial charge in [-0.05, 0) is 48.0 Å². The molecule has 28 heavy (non-hydrogen) atoms. The molecule has 0 saturated heterocycles. The van der Waals surface area contributed by atoms with Crippen LogP contribution in [-0.4, -0.2) is 24.3 Å². The van der Waals surface area contributed by atoms with Crippen molar-refractivity contribution in [2.24, 2.45) is 0 Å². The van der Waals surface area contributed by atoms with Crippen LogP contribution in [-0.2, 0) is 14.6 Å². The molecule has 1 aliphatic rings. The topological polar surface area (TPSA) is 89.0 Å². The van der Waals surface area contributed by atoms with Crippen LogP contribution in [0.1, 0.15) is 16.5 Å². The third kappa shape index (κ3) is 2.61. The smallest absolute Gasteiger partial charge is 0.238 e. The highest BCUT2D eigenvalue weighted by Crippen LogP contribution is 2.41. The Labute approximate surface area is 164 Å². The van der Waals surface area contributed by atoms with E-state index in [1.165, 1.54) is 35.9 Å². The van der Waals surface area contributed by atoms with Gasteiger partial charge in [0, 0.05) is 18.1 Å². The summed E-state index contributed by atoms with van der Waals surface area (Å²) < 4.78 is 26.9. The Kier molecular flexibility index (Phi) is 3.78. The maximum absolute atomic E-state index is 12.9. The minimum Gasteiger partial charge on any atom is -0.325 e. The van der Waals surface area contributed by atoms with E-state index in [0.717, 1.165) is 10.2 Å². The number of amides is 1. The number of hydrogen-bond donors (Lipinski definition) is 1. The van der Waals surface area contributed by atoms with Gasteiger partial charge in [-0.3, -0.25) is 9.78 Å². The van der Waals surface area contributed by atoms with Crippen molar-refractivity contribution in [3.05, 3.63) is 77.6 Å². The lowest BCUT2D eigenvalue weighted by Crippen LogP contribution is -2.13. The fourth-order valence-electron chi connectivity index (χ4n) is 3.31. The number of benzene rings is 2. The number of nitrogens with one attached hydrogen (secondary N) is 1. The van der Waals surface area contributed by atoms with Crippen LogP contribution >= 0.6 is 11.3 Å². The van der Waals surface area contributed by atoms with Gasteiger partial charge in [0.15, 0.2) is 0 Å². The van der Waals surface area contributed by atoms with Crippen molar-refractivity contribution in [1.82, 2.24) is 9.97 Å². The molecule has 0 bridgehead atoms. The summed E-state index contributed by atoms with van der Waals surface area (Å²) in [5.41, 5.74) is 2.05. The summed E-state index contributed by atoms with van der Waals surface area (Å²) in [6, 6.07) is 15.4. The number of hydrogen-bond acceptors (Lipinski definition) is 6. The van der Waals surface area contributed by atoms with Crippen molar-refractivity contribution in [3.8, 4) is 0 Å². The van der Waals surface area contributed by atoms with E-state index in [1.54, 1.807) is 18.2 Å². The van der Waals surface area contributed by atoms with Crippen molar-refractivity contribution in [1.29, 1.82) is 0 Å². The fraction of sp³-hybridized carbons (Fsp3) is 0.0500. The average Bonchev–Trinajstić information content (AvgIpc) is 3.27. The number of aromatic nitrogens is 2. The molecule has 0 radical (unpaired) electrons. The van der Waals surface area contributed by atoms with Gasteiger partial charge in [0.1, 0.15) is 10.9 Å². The zero-order chi connectivity index (χ0) is 19.3. The number of nitrogens with zero attached hydrogens (tertiary/aromatic N) is 2. The molecule has 5 rings (SSSR count). The van der Waals surface area contributed by atoms with Crippen LogP contribution in [0.15, 0.2) is 76.8 Å². The Bertz CT molecular complexity index is 1300. The fourth-order valence-corrected chi connectivity index (χ4v) is 5.65. The van der Waals surface area contributed by atoms with Gasteiger partial charge in [-0.25, -0.2) is 13.4 Å². The number of para-hydroxylation sites is 1. The van der Waals surface area contributed by atoms with E-state index in [0.29, 0.717) is 16.3 Å². The zero-order valence-corrected chi connectivity index (χ0v) is 16.0. The summed E-state index contributed by atoms with van der Waals surface area (Å²) in [5.74, 6) is -0.832. The number of sulfone groups is 1. The molecule has 0 fully saturated rings. The Morgan fingerprint density at radius 1 is 1.00 bits per heavy atom. The molecule has 1 N–H and O–H groups in total. The van der Waals surface area contributed by atoms with Crippen LogP contribution < -0.4 is 5.32 Å². The predicted octanol–water partition coefficient (Wildman–Crippen LogP) is 3.61. The van der Waals surface area contributed by atoms with Crippen LogP contribution in [0.25, 0.3) is 10.2 Å². The first-order chi connectivity index (χ1) is 13.5. The maximum atomic E-state index is 12.9. The molecular formula is C20H13N3O3S2. The van der Waals surface area contributed by atoms with Gasteiger partial charge in [0.05, 0.1) is 20.0 Å². The van der Waals surface area contributed by atoms with E-state index in [-0.39, 0.29) is 15.7 Å². The van der Waals surface area contributed by atoms with Crippen LogP contribution in [0.5, 0.6) is 0 Å². The van der Waals surface area contributed by atoms with Gasteiger partial charge >= 0.3 is 0 Å². The molecule has 1 unspecified atom stereocenters. The molecule has 0 saturated carbocycles. The van der Waals surface area contributed by atoms with E-state index in [4.69, 9.17) is 0 Å². The van der Waals surface area contributed by atoms with Crippen molar-refractivity contribution in [2.75, 3.05) is 5.32 Å². The van der Waals surface area contributed by atoms with Gasteiger partial charge in [-0.2, -0.15) is 0 Å².